The summed E-state index contributed by atoms with van der Waals surface area (Å²) in [5.41, 5.74) is 3.19. The number of rotatable bonds is 9. The second-order valence-corrected chi connectivity index (χ2v) is 10.3. The van der Waals surface area contributed by atoms with Crippen molar-refractivity contribution < 1.29 is 19.1 Å². The standard InChI is InChI=1S/C30H37N5O4/c1-5-15-33-20-27(36)34-26(35(33)30(38)31-18-24-9-7-6-8-10-24)19-32(29(37)28(34)22(2)3)16-17-39-21-25-13-11-23(4)12-14-25/h1,6-14,22,26,28H,15-21H2,2-4H3,(H,31,38)/t26-,28-/m0/s1. The van der Waals surface area contributed by atoms with Crippen molar-refractivity contribution in [3.8, 4) is 12.3 Å². The van der Waals surface area contributed by atoms with Crippen LogP contribution in [0.4, 0.5) is 4.79 Å². The second-order valence-electron chi connectivity index (χ2n) is 10.3. The smallest absolute Gasteiger partial charge is 0.334 e. The largest absolute Gasteiger partial charge is 0.375 e. The van der Waals surface area contributed by atoms with Crippen LogP contribution >= 0.6 is 0 Å². The predicted octanol–water partition coefficient (Wildman–Crippen LogP) is 2.61. The number of carbonyl (C=O) groups is 3. The highest BCUT2D eigenvalue weighted by atomic mass is 16.5. The van der Waals surface area contributed by atoms with Gasteiger partial charge in [-0.1, -0.05) is 79.9 Å². The summed E-state index contributed by atoms with van der Waals surface area (Å²) in [6, 6.07) is 16.6. The number of terminal acetylenes is 1. The molecule has 0 aliphatic carbocycles. The average molecular weight is 532 g/mol. The molecular weight excluding hydrogens is 494 g/mol. The summed E-state index contributed by atoms with van der Waals surface area (Å²) in [4.78, 5) is 43.7. The average Bonchev–Trinajstić information content (AvgIpc) is 2.92. The molecule has 1 N–H and O–H groups in total. The van der Waals surface area contributed by atoms with Crippen LogP contribution in [0.25, 0.3) is 0 Å². The fourth-order valence-corrected chi connectivity index (χ4v) is 5.10. The van der Waals surface area contributed by atoms with E-state index in [2.05, 4.69) is 11.2 Å². The first-order valence-corrected chi connectivity index (χ1v) is 13.3. The Kier molecular flexibility index (Phi) is 9.23. The van der Waals surface area contributed by atoms with Crippen molar-refractivity contribution in [3.05, 3.63) is 71.3 Å². The molecule has 4 rings (SSSR count). The van der Waals surface area contributed by atoms with Crippen LogP contribution in [0.3, 0.4) is 0 Å². The molecule has 0 unspecified atom stereocenters. The van der Waals surface area contributed by atoms with Crippen molar-refractivity contribution in [1.82, 2.24) is 25.1 Å². The molecule has 9 heteroatoms. The van der Waals surface area contributed by atoms with Gasteiger partial charge in [0.05, 0.1) is 32.8 Å². The Morgan fingerprint density at radius 3 is 2.49 bits per heavy atom. The molecule has 9 nitrogen and oxygen atoms in total. The number of piperazine rings is 1. The minimum Gasteiger partial charge on any atom is -0.375 e. The lowest BCUT2D eigenvalue weighted by atomic mass is 9.96. The van der Waals surface area contributed by atoms with E-state index in [0.29, 0.717) is 26.3 Å². The van der Waals surface area contributed by atoms with E-state index in [-0.39, 0.29) is 43.4 Å². The maximum Gasteiger partial charge on any atom is 0.334 e. The molecule has 2 fully saturated rings. The highest BCUT2D eigenvalue weighted by molar-refractivity contribution is 5.91. The van der Waals surface area contributed by atoms with E-state index in [0.717, 1.165) is 11.1 Å². The summed E-state index contributed by atoms with van der Waals surface area (Å²) in [6.45, 7) is 7.49. The number of benzene rings is 2. The molecular formula is C30H37N5O4. The third kappa shape index (κ3) is 6.59. The zero-order chi connectivity index (χ0) is 27.9. The lowest BCUT2D eigenvalue weighted by Crippen LogP contribution is -2.77. The van der Waals surface area contributed by atoms with Crippen LogP contribution in [0, 0.1) is 25.2 Å². The van der Waals surface area contributed by atoms with Crippen LogP contribution in [-0.4, -0.2) is 82.7 Å². The molecule has 39 heavy (non-hydrogen) atoms. The molecule has 206 valence electrons. The van der Waals surface area contributed by atoms with Gasteiger partial charge >= 0.3 is 6.03 Å². The highest BCUT2D eigenvalue weighted by Crippen LogP contribution is 2.29. The Morgan fingerprint density at radius 2 is 1.82 bits per heavy atom. The Hall–Kier alpha value is -3.87. The van der Waals surface area contributed by atoms with Gasteiger partial charge in [-0.05, 0) is 24.0 Å². The summed E-state index contributed by atoms with van der Waals surface area (Å²) in [6.07, 6.45) is 4.92. The first kappa shape index (κ1) is 28.1. The summed E-state index contributed by atoms with van der Waals surface area (Å²) >= 11 is 0. The van der Waals surface area contributed by atoms with E-state index in [1.807, 2.05) is 75.4 Å². The maximum atomic E-state index is 13.6. The van der Waals surface area contributed by atoms with Gasteiger partial charge in [-0.3, -0.25) is 9.59 Å². The van der Waals surface area contributed by atoms with E-state index >= 15 is 0 Å². The third-order valence-electron chi connectivity index (χ3n) is 7.06. The Morgan fingerprint density at radius 1 is 1.10 bits per heavy atom. The van der Waals surface area contributed by atoms with Gasteiger partial charge in [-0.2, -0.15) is 5.01 Å². The summed E-state index contributed by atoms with van der Waals surface area (Å²) in [5, 5.41) is 6.07. The molecule has 0 saturated carbocycles. The fraction of sp³-hybridized carbons (Fsp3) is 0.433. The third-order valence-corrected chi connectivity index (χ3v) is 7.06. The molecule has 2 aromatic carbocycles. The normalized spacial score (nSPS) is 19.7. The van der Waals surface area contributed by atoms with E-state index in [1.54, 1.807) is 14.8 Å². The topological polar surface area (TPSA) is 85.4 Å². The molecule has 0 radical (unpaired) electrons. The quantitative estimate of drug-likeness (QED) is 0.397. The number of nitrogens with zero attached hydrogens (tertiary/aromatic N) is 4. The number of fused-ring (bicyclic) bond motifs is 1. The summed E-state index contributed by atoms with van der Waals surface area (Å²) < 4.78 is 5.88. The number of amides is 4. The molecule has 2 aromatic rings. The van der Waals surface area contributed by atoms with E-state index in [4.69, 9.17) is 11.2 Å². The van der Waals surface area contributed by atoms with Crippen molar-refractivity contribution in [1.29, 1.82) is 0 Å². The summed E-state index contributed by atoms with van der Waals surface area (Å²) in [5.74, 6) is 2.06. The first-order chi connectivity index (χ1) is 18.8. The maximum absolute atomic E-state index is 13.6. The number of aryl methyl sites for hydroxylation is 1. The SMILES string of the molecule is C#CCN1CC(=O)N2[C@@H](C(C)C)C(=O)N(CCOCc3ccc(C)cc3)C[C@@H]2N1C(=O)NCc1ccccc1. The van der Waals surface area contributed by atoms with Crippen LogP contribution in [-0.2, 0) is 27.5 Å². The number of urea groups is 1. The minimum absolute atomic E-state index is 0.0738. The number of hydrogen-bond donors (Lipinski definition) is 1. The molecule has 0 spiro atoms. The van der Waals surface area contributed by atoms with Crippen LogP contribution in [0.15, 0.2) is 54.6 Å². The molecule has 2 saturated heterocycles. The first-order valence-electron chi connectivity index (χ1n) is 13.3. The fourth-order valence-electron chi connectivity index (χ4n) is 5.10. The van der Waals surface area contributed by atoms with E-state index in [9.17, 15) is 14.4 Å². The van der Waals surface area contributed by atoms with Gasteiger partial charge in [-0.15, -0.1) is 6.42 Å². The van der Waals surface area contributed by atoms with Gasteiger partial charge in [0.25, 0.3) is 0 Å². The second kappa shape index (κ2) is 12.8. The Bertz CT molecular complexity index is 1190. The lowest BCUT2D eigenvalue weighted by molar-refractivity contribution is -0.192. The zero-order valence-corrected chi connectivity index (χ0v) is 22.9. The van der Waals surface area contributed by atoms with Crippen molar-refractivity contribution >= 4 is 17.8 Å². The minimum atomic E-state index is -0.689. The van der Waals surface area contributed by atoms with Crippen LogP contribution < -0.4 is 5.32 Å². The van der Waals surface area contributed by atoms with E-state index < -0.39 is 12.2 Å². The molecule has 0 aromatic heterocycles. The van der Waals surface area contributed by atoms with Crippen molar-refractivity contribution in [2.45, 2.75) is 46.1 Å². The molecule has 4 amide bonds. The predicted molar refractivity (Wildman–Crippen MR) is 148 cm³/mol. The van der Waals surface area contributed by atoms with Crippen molar-refractivity contribution in [2.24, 2.45) is 5.92 Å². The van der Waals surface area contributed by atoms with Crippen LogP contribution in [0.2, 0.25) is 0 Å². The van der Waals surface area contributed by atoms with Gasteiger partial charge in [0.15, 0.2) is 0 Å². The Labute approximate surface area is 230 Å². The number of nitrogens with one attached hydrogen (secondary N) is 1. The number of carbonyl (C=O) groups excluding carboxylic acids is 3. The highest BCUT2D eigenvalue weighted by Gasteiger charge is 2.52. The van der Waals surface area contributed by atoms with Gasteiger partial charge in [-0.25, -0.2) is 9.80 Å². The summed E-state index contributed by atoms with van der Waals surface area (Å²) in [7, 11) is 0. The molecule has 2 atom stereocenters. The van der Waals surface area contributed by atoms with Gasteiger partial charge in [0.2, 0.25) is 11.8 Å². The number of hydrogen-bond acceptors (Lipinski definition) is 5. The zero-order valence-electron chi connectivity index (χ0n) is 22.9. The van der Waals surface area contributed by atoms with Crippen LogP contribution in [0.5, 0.6) is 0 Å². The number of ether oxygens (including phenoxy) is 1. The van der Waals surface area contributed by atoms with E-state index in [1.165, 1.54) is 10.6 Å². The lowest BCUT2D eigenvalue weighted by Gasteiger charge is -2.55. The van der Waals surface area contributed by atoms with Gasteiger partial charge in [0.1, 0.15) is 12.2 Å². The van der Waals surface area contributed by atoms with Gasteiger partial charge < -0.3 is 19.9 Å². The van der Waals surface area contributed by atoms with Crippen molar-refractivity contribution in [2.75, 3.05) is 32.8 Å². The van der Waals surface area contributed by atoms with Crippen LogP contribution in [0.1, 0.15) is 30.5 Å². The molecule has 0 bridgehead atoms. The van der Waals surface area contributed by atoms with Gasteiger partial charge in [0, 0.05) is 13.1 Å². The molecule has 2 aliphatic heterocycles. The van der Waals surface area contributed by atoms with Crippen molar-refractivity contribution in [3.63, 3.8) is 0 Å². The Balaban J connectivity index is 1.51. The monoisotopic (exact) mass is 531 g/mol. The molecule has 2 aliphatic rings. The molecule has 2 heterocycles. The number of hydrazine groups is 1.